The van der Waals surface area contributed by atoms with Gasteiger partial charge in [0.2, 0.25) is 0 Å². The van der Waals surface area contributed by atoms with E-state index in [4.69, 9.17) is 9.57 Å². The van der Waals surface area contributed by atoms with Gasteiger partial charge in [-0.05, 0) is 18.2 Å². The third kappa shape index (κ3) is 3.00. The first kappa shape index (κ1) is 15.0. The first-order chi connectivity index (χ1) is 11.2. The predicted molar refractivity (Wildman–Crippen MR) is 88.2 cm³/mol. The van der Waals surface area contributed by atoms with Gasteiger partial charge in [-0.2, -0.15) is 0 Å². The highest BCUT2D eigenvalue weighted by Gasteiger charge is 2.14. The minimum atomic E-state index is -0.317. The van der Waals surface area contributed by atoms with E-state index in [-0.39, 0.29) is 5.91 Å². The molecule has 0 aliphatic heterocycles. The van der Waals surface area contributed by atoms with Crippen molar-refractivity contribution < 1.29 is 14.4 Å². The van der Waals surface area contributed by atoms with Crippen molar-refractivity contribution in [3.63, 3.8) is 0 Å². The van der Waals surface area contributed by atoms with E-state index in [0.717, 1.165) is 10.9 Å². The van der Waals surface area contributed by atoms with Crippen LogP contribution in [0.4, 0.5) is 0 Å². The Morgan fingerprint density at radius 3 is 2.52 bits per heavy atom. The zero-order valence-corrected chi connectivity index (χ0v) is 12.9. The fourth-order valence-electron chi connectivity index (χ4n) is 2.43. The van der Waals surface area contributed by atoms with Crippen LogP contribution in [-0.4, -0.2) is 25.1 Å². The van der Waals surface area contributed by atoms with Crippen LogP contribution in [0.5, 0.6) is 5.75 Å². The molecule has 3 aromatic rings. The van der Waals surface area contributed by atoms with Crippen LogP contribution in [0.3, 0.4) is 0 Å². The maximum absolute atomic E-state index is 12.3. The number of rotatable bonds is 4. The summed E-state index contributed by atoms with van der Waals surface area (Å²) in [6, 6.07) is 16.9. The van der Waals surface area contributed by atoms with E-state index >= 15 is 0 Å². The van der Waals surface area contributed by atoms with E-state index in [1.165, 1.54) is 7.11 Å². The van der Waals surface area contributed by atoms with Crippen molar-refractivity contribution in [2.24, 2.45) is 0 Å². The number of hydroxylamine groups is 1. The summed E-state index contributed by atoms with van der Waals surface area (Å²) < 4.78 is 5.25. The monoisotopic (exact) mass is 308 g/mol. The van der Waals surface area contributed by atoms with Crippen LogP contribution in [0, 0.1) is 0 Å². The number of carbonyl (C=O) groups is 1. The lowest BCUT2D eigenvalue weighted by molar-refractivity contribution is 0.0539. The number of benzene rings is 2. The quantitative estimate of drug-likeness (QED) is 0.752. The van der Waals surface area contributed by atoms with Crippen molar-refractivity contribution in [2.45, 2.75) is 0 Å². The molecule has 0 atom stereocenters. The topological polar surface area (TPSA) is 60.5 Å². The highest BCUT2D eigenvalue weighted by atomic mass is 16.6. The molecule has 1 aromatic heterocycles. The lowest BCUT2D eigenvalue weighted by Gasteiger charge is -2.10. The fourth-order valence-corrected chi connectivity index (χ4v) is 2.43. The molecule has 0 radical (unpaired) electrons. The molecule has 5 heteroatoms. The van der Waals surface area contributed by atoms with Crippen molar-refractivity contribution in [1.29, 1.82) is 0 Å². The van der Waals surface area contributed by atoms with Crippen LogP contribution < -0.4 is 10.2 Å². The average molecular weight is 308 g/mol. The lowest BCUT2D eigenvalue weighted by atomic mass is 10.0. The standard InChI is InChI=1S/C18H16N2O3/c1-22-13-8-9-14-15(18(21)20-23-2)11-16(19-17(14)10-13)12-6-4-3-5-7-12/h3-11H,1-2H3,(H,20,21). The Morgan fingerprint density at radius 2 is 1.83 bits per heavy atom. The third-order valence-electron chi connectivity index (χ3n) is 3.53. The van der Waals surface area contributed by atoms with Gasteiger partial charge in [-0.3, -0.25) is 9.63 Å². The molecular weight excluding hydrogens is 292 g/mol. The molecule has 1 N–H and O–H groups in total. The molecule has 0 unspecified atom stereocenters. The number of aromatic nitrogens is 1. The normalized spacial score (nSPS) is 10.5. The van der Waals surface area contributed by atoms with Gasteiger partial charge in [0.05, 0.1) is 31.0 Å². The summed E-state index contributed by atoms with van der Waals surface area (Å²) in [6.07, 6.45) is 0. The molecule has 0 aliphatic rings. The van der Waals surface area contributed by atoms with E-state index in [1.807, 2.05) is 42.5 Å². The van der Waals surface area contributed by atoms with Gasteiger partial charge in [0.15, 0.2) is 0 Å². The number of hydrogen-bond acceptors (Lipinski definition) is 4. The third-order valence-corrected chi connectivity index (χ3v) is 3.53. The predicted octanol–water partition coefficient (Wildman–Crippen LogP) is 3.20. The van der Waals surface area contributed by atoms with Gasteiger partial charge < -0.3 is 4.74 Å². The summed E-state index contributed by atoms with van der Waals surface area (Å²) in [4.78, 5) is 21.7. The van der Waals surface area contributed by atoms with Gasteiger partial charge in [0.25, 0.3) is 5.91 Å². The van der Waals surface area contributed by atoms with Gasteiger partial charge in [-0.15, -0.1) is 0 Å². The van der Waals surface area contributed by atoms with E-state index in [2.05, 4.69) is 10.5 Å². The Kier molecular flexibility index (Phi) is 4.21. The summed E-state index contributed by atoms with van der Waals surface area (Å²) in [7, 11) is 3.00. The smallest absolute Gasteiger partial charge is 0.275 e. The van der Waals surface area contributed by atoms with Gasteiger partial charge >= 0.3 is 0 Å². The van der Waals surface area contributed by atoms with Crippen molar-refractivity contribution in [3.05, 3.63) is 60.2 Å². The maximum Gasteiger partial charge on any atom is 0.275 e. The highest BCUT2D eigenvalue weighted by Crippen LogP contribution is 2.27. The number of pyridine rings is 1. The Bertz CT molecular complexity index is 848. The second-order valence-electron chi connectivity index (χ2n) is 4.94. The minimum Gasteiger partial charge on any atom is -0.497 e. The van der Waals surface area contributed by atoms with Crippen molar-refractivity contribution in [3.8, 4) is 17.0 Å². The molecule has 0 saturated heterocycles. The molecule has 0 aliphatic carbocycles. The van der Waals surface area contributed by atoms with Gasteiger partial charge in [0.1, 0.15) is 5.75 Å². The largest absolute Gasteiger partial charge is 0.497 e. The lowest BCUT2D eigenvalue weighted by Crippen LogP contribution is -2.22. The van der Waals surface area contributed by atoms with Crippen LogP contribution in [0.2, 0.25) is 0 Å². The van der Waals surface area contributed by atoms with Crippen molar-refractivity contribution >= 4 is 16.8 Å². The number of nitrogens with one attached hydrogen (secondary N) is 1. The van der Waals surface area contributed by atoms with Gasteiger partial charge in [-0.1, -0.05) is 30.3 Å². The summed E-state index contributed by atoms with van der Waals surface area (Å²) >= 11 is 0. The number of amides is 1. The van der Waals surface area contributed by atoms with E-state index in [1.54, 1.807) is 19.2 Å². The molecule has 0 bridgehead atoms. The van der Waals surface area contributed by atoms with E-state index < -0.39 is 0 Å². The van der Waals surface area contributed by atoms with Crippen LogP contribution in [0.15, 0.2) is 54.6 Å². The maximum atomic E-state index is 12.3. The molecule has 2 aromatic carbocycles. The molecule has 1 heterocycles. The molecule has 5 nitrogen and oxygen atoms in total. The van der Waals surface area contributed by atoms with Crippen molar-refractivity contribution in [2.75, 3.05) is 14.2 Å². The summed E-state index contributed by atoms with van der Waals surface area (Å²) in [5.41, 5.74) is 5.20. The Hall–Kier alpha value is -2.92. The zero-order valence-electron chi connectivity index (χ0n) is 12.9. The van der Waals surface area contributed by atoms with Crippen molar-refractivity contribution in [1.82, 2.24) is 10.5 Å². The molecule has 0 fully saturated rings. The first-order valence-electron chi connectivity index (χ1n) is 7.10. The molecule has 116 valence electrons. The summed E-state index contributed by atoms with van der Waals surface area (Å²) in [6.45, 7) is 0. The molecule has 3 rings (SSSR count). The van der Waals surface area contributed by atoms with Gasteiger partial charge in [0, 0.05) is 17.0 Å². The molecule has 1 amide bonds. The van der Waals surface area contributed by atoms with Crippen LogP contribution in [0.1, 0.15) is 10.4 Å². The number of fused-ring (bicyclic) bond motifs is 1. The number of hydrogen-bond donors (Lipinski definition) is 1. The number of carbonyl (C=O) groups excluding carboxylic acids is 1. The SMILES string of the molecule is CONC(=O)c1cc(-c2ccccc2)nc2cc(OC)ccc12. The Labute approximate surface area is 133 Å². The Morgan fingerprint density at radius 1 is 1.04 bits per heavy atom. The van der Waals surface area contributed by atoms with Crippen LogP contribution in [0.25, 0.3) is 22.2 Å². The summed E-state index contributed by atoms with van der Waals surface area (Å²) in [5.74, 6) is 0.371. The minimum absolute atomic E-state index is 0.317. The number of ether oxygens (including phenoxy) is 1. The molecule has 0 spiro atoms. The molecule has 0 saturated carbocycles. The fraction of sp³-hybridized carbons (Fsp3) is 0.111. The number of methoxy groups -OCH3 is 1. The van der Waals surface area contributed by atoms with Crippen LogP contribution >= 0.6 is 0 Å². The second-order valence-corrected chi connectivity index (χ2v) is 4.94. The van der Waals surface area contributed by atoms with Crippen LogP contribution in [-0.2, 0) is 4.84 Å². The second kappa shape index (κ2) is 6.46. The molecular formula is C18H16N2O3. The highest BCUT2D eigenvalue weighted by molar-refractivity contribution is 6.07. The first-order valence-corrected chi connectivity index (χ1v) is 7.10. The van der Waals surface area contributed by atoms with E-state index in [9.17, 15) is 4.79 Å². The Balaban J connectivity index is 2.24. The van der Waals surface area contributed by atoms with Gasteiger partial charge in [-0.25, -0.2) is 10.5 Å². The summed E-state index contributed by atoms with van der Waals surface area (Å²) in [5, 5.41) is 0.736. The number of nitrogens with zero attached hydrogens (tertiary/aromatic N) is 1. The zero-order chi connectivity index (χ0) is 16.2. The van der Waals surface area contributed by atoms with E-state index in [0.29, 0.717) is 22.5 Å². The molecule has 23 heavy (non-hydrogen) atoms. The average Bonchev–Trinajstić information content (AvgIpc) is 2.61.